The van der Waals surface area contributed by atoms with Crippen molar-refractivity contribution in [1.29, 1.82) is 0 Å². The average molecular weight is 440 g/mol. The first kappa shape index (κ1) is 19.5. The molecule has 3 aromatic carbocycles. The van der Waals surface area contributed by atoms with Crippen molar-refractivity contribution in [2.75, 3.05) is 4.72 Å². The van der Waals surface area contributed by atoms with E-state index < -0.39 is 10.0 Å². The van der Waals surface area contributed by atoms with Crippen LogP contribution in [0.15, 0.2) is 57.8 Å². The van der Waals surface area contributed by atoms with E-state index >= 15 is 0 Å². The van der Waals surface area contributed by atoms with Crippen molar-refractivity contribution < 1.29 is 12.8 Å². The third kappa shape index (κ3) is 3.17. The number of nitrogens with one attached hydrogen (secondary N) is 1. The molecule has 4 nitrogen and oxygen atoms in total. The number of hydrogen-bond acceptors (Lipinski definition) is 3. The number of aryl methyl sites for hydroxylation is 2. The molecule has 1 unspecified atom stereocenters. The minimum absolute atomic E-state index is 0.191. The van der Waals surface area contributed by atoms with Gasteiger partial charge in [0.2, 0.25) is 0 Å². The maximum atomic E-state index is 13.1. The topological polar surface area (TPSA) is 59.3 Å². The first-order valence-electron chi connectivity index (χ1n) is 10.1. The molecule has 1 aliphatic carbocycles. The molecule has 4 aromatic rings. The van der Waals surface area contributed by atoms with Crippen LogP contribution >= 0.6 is 11.6 Å². The zero-order valence-electron chi connectivity index (χ0n) is 16.8. The first-order chi connectivity index (χ1) is 14.3. The molecule has 0 saturated heterocycles. The standard InChI is InChI=1S/C24H22ClNO3S/c1-14-7-10-23-19(11-14)20-13-22(17-5-3-4-6-18(17)24(20)29-23)26-30(27,28)16-8-9-21(25)15(2)12-16/h3-6,8-9,12-14,26H,7,10-11H2,1-2H3. The molecule has 0 fully saturated rings. The first-order valence-corrected chi connectivity index (χ1v) is 11.9. The van der Waals surface area contributed by atoms with Crippen molar-refractivity contribution in [3.63, 3.8) is 0 Å². The van der Waals surface area contributed by atoms with Crippen LogP contribution in [0.2, 0.25) is 5.02 Å². The van der Waals surface area contributed by atoms with Gasteiger partial charge in [0.1, 0.15) is 11.3 Å². The molecule has 1 aromatic heterocycles. The van der Waals surface area contributed by atoms with Crippen molar-refractivity contribution in [3.8, 4) is 0 Å². The summed E-state index contributed by atoms with van der Waals surface area (Å²) < 4.78 is 35.4. The van der Waals surface area contributed by atoms with E-state index in [-0.39, 0.29) is 4.90 Å². The van der Waals surface area contributed by atoms with Crippen molar-refractivity contribution in [3.05, 3.63) is 70.4 Å². The van der Waals surface area contributed by atoms with Gasteiger partial charge in [-0.3, -0.25) is 4.72 Å². The summed E-state index contributed by atoms with van der Waals surface area (Å²) in [6.07, 6.45) is 2.98. The van der Waals surface area contributed by atoms with Gasteiger partial charge in [-0.1, -0.05) is 42.8 Å². The van der Waals surface area contributed by atoms with Gasteiger partial charge in [0.25, 0.3) is 10.0 Å². The van der Waals surface area contributed by atoms with Crippen LogP contribution in [0.25, 0.3) is 21.7 Å². The SMILES string of the molecule is Cc1cc(S(=O)(=O)Nc2cc3c4c(oc3c3ccccc23)CCC(C)C4)ccc1Cl. The molecule has 154 valence electrons. The number of rotatable bonds is 3. The fourth-order valence-corrected chi connectivity index (χ4v) is 5.62. The molecule has 0 bridgehead atoms. The Morgan fingerprint density at radius 2 is 1.83 bits per heavy atom. The van der Waals surface area contributed by atoms with Crippen molar-refractivity contribution in [2.24, 2.45) is 5.92 Å². The van der Waals surface area contributed by atoms with Gasteiger partial charge >= 0.3 is 0 Å². The molecular weight excluding hydrogens is 418 g/mol. The minimum atomic E-state index is -3.77. The minimum Gasteiger partial charge on any atom is -0.460 e. The fraction of sp³-hybridized carbons (Fsp3) is 0.250. The van der Waals surface area contributed by atoms with Crippen molar-refractivity contribution in [1.82, 2.24) is 0 Å². The number of furan rings is 1. The van der Waals surface area contributed by atoms with Crippen LogP contribution in [0, 0.1) is 12.8 Å². The van der Waals surface area contributed by atoms with E-state index in [9.17, 15) is 8.42 Å². The summed E-state index contributed by atoms with van der Waals surface area (Å²) in [6, 6.07) is 14.4. The third-order valence-corrected chi connectivity index (χ3v) is 7.77. The molecule has 0 spiro atoms. The Bertz CT molecular complexity index is 1410. The summed E-state index contributed by atoms with van der Waals surface area (Å²) in [7, 11) is -3.77. The largest absolute Gasteiger partial charge is 0.460 e. The fourth-order valence-electron chi connectivity index (χ4n) is 4.34. The van der Waals surface area contributed by atoms with E-state index in [1.54, 1.807) is 19.1 Å². The average Bonchev–Trinajstić information content (AvgIpc) is 3.08. The molecule has 30 heavy (non-hydrogen) atoms. The van der Waals surface area contributed by atoms with Crippen LogP contribution in [0.4, 0.5) is 5.69 Å². The van der Waals surface area contributed by atoms with E-state index in [4.69, 9.17) is 16.0 Å². The van der Waals surface area contributed by atoms with Gasteiger partial charge in [0.15, 0.2) is 0 Å². The van der Waals surface area contributed by atoms with Crippen molar-refractivity contribution in [2.45, 2.75) is 38.0 Å². The lowest BCUT2D eigenvalue weighted by atomic mass is 9.87. The van der Waals surface area contributed by atoms with Gasteiger partial charge in [-0.15, -0.1) is 0 Å². The molecular formula is C24H22ClNO3S. The summed E-state index contributed by atoms with van der Waals surface area (Å²) in [6.45, 7) is 4.04. The highest BCUT2D eigenvalue weighted by molar-refractivity contribution is 7.92. The maximum Gasteiger partial charge on any atom is 0.261 e. The van der Waals surface area contributed by atoms with Gasteiger partial charge in [-0.25, -0.2) is 8.42 Å². The number of fused-ring (bicyclic) bond motifs is 5. The van der Waals surface area contributed by atoms with E-state index in [1.165, 1.54) is 11.6 Å². The summed E-state index contributed by atoms with van der Waals surface area (Å²) in [4.78, 5) is 0.191. The number of anilines is 1. The second kappa shape index (κ2) is 7.03. The molecule has 1 N–H and O–H groups in total. The summed E-state index contributed by atoms with van der Waals surface area (Å²) >= 11 is 6.08. The number of sulfonamides is 1. The molecule has 0 radical (unpaired) electrons. The van der Waals surface area contributed by atoms with Crippen LogP contribution in [0.1, 0.15) is 30.2 Å². The summed E-state index contributed by atoms with van der Waals surface area (Å²) in [5.41, 5.74) is 3.33. The highest BCUT2D eigenvalue weighted by Gasteiger charge is 2.25. The van der Waals surface area contributed by atoms with E-state index in [0.717, 1.165) is 52.3 Å². The lowest BCUT2D eigenvalue weighted by molar-refractivity contribution is 0.439. The van der Waals surface area contributed by atoms with Crippen LogP contribution in [0.3, 0.4) is 0 Å². The molecule has 1 heterocycles. The van der Waals surface area contributed by atoms with Crippen LogP contribution in [-0.2, 0) is 22.9 Å². The van der Waals surface area contributed by atoms with Crippen LogP contribution < -0.4 is 4.72 Å². The summed E-state index contributed by atoms with van der Waals surface area (Å²) in [5, 5.41) is 3.28. The zero-order valence-corrected chi connectivity index (χ0v) is 18.4. The number of halogens is 1. The van der Waals surface area contributed by atoms with Gasteiger partial charge in [-0.05, 0) is 55.5 Å². The Kier molecular flexibility index (Phi) is 4.56. The Hall–Kier alpha value is -2.50. The Labute approximate surface area is 180 Å². The smallest absolute Gasteiger partial charge is 0.261 e. The predicted octanol–water partition coefficient (Wildman–Crippen LogP) is 6.47. The maximum absolute atomic E-state index is 13.1. The lowest BCUT2D eigenvalue weighted by Crippen LogP contribution is -2.13. The van der Waals surface area contributed by atoms with E-state index in [0.29, 0.717) is 16.6 Å². The zero-order chi connectivity index (χ0) is 21.0. The van der Waals surface area contributed by atoms with E-state index in [1.807, 2.05) is 30.3 Å². The molecule has 1 atom stereocenters. The second-order valence-electron chi connectivity index (χ2n) is 8.21. The number of benzene rings is 3. The Morgan fingerprint density at radius 1 is 1.07 bits per heavy atom. The highest BCUT2D eigenvalue weighted by atomic mass is 35.5. The highest BCUT2D eigenvalue weighted by Crippen LogP contribution is 2.40. The second-order valence-corrected chi connectivity index (χ2v) is 10.3. The Morgan fingerprint density at radius 3 is 2.60 bits per heavy atom. The summed E-state index contributed by atoms with van der Waals surface area (Å²) in [5.74, 6) is 1.61. The third-order valence-electron chi connectivity index (χ3n) is 5.98. The van der Waals surface area contributed by atoms with Crippen LogP contribution in [-0.4, -0.2) is 8.42 Å². The van der Waals surface area contributed by atoms with Crippen molar-refractivity contribution >= 4 is 49.1 Å². The quantitative estimate of drug-likeness (QED) is 0.397. The van der Waals surface area contributed by atoms with Gasteiger partial charge < -0.3 is 4.42 Å². The monoisotopic (exact) mass is 439 g/mol. The molecule has 5 rings (SSSR count). The van der Waals surface area contributed by atoms with Crippen LogP contribution in [0.5, 0.6) is 0 Å². The Balaban J connectivity index is 1.70. The predicted molar refractivity (Wildman–Crippen MR) is 122 cm³/mol. The number of hydrogen-bond donors (Lipinski definition) is 1. The van der Waals surface area contributed by atoms with Gasteiger partial charge in [0.05, 0.1) is 10.6 Å². The molecule has 0 saturated carbocycles. The molecule has 0 aliphatic heterocycles. The molecule has 6 heteroatoms. The normalized spacial score (nSPS) is 16.7. The van der Waals surface area contributed by atoms with Gasteiger partial charge in [0, 0.05) is 33.2 Å². The molecule has 0 amide bonds. The van der Waals surface area contributed by atoms with Gasteiger partial charge in [-0.2, -0.15) is 0 Å². The van der Waals surface area contributed by atoms with E-state index in [2.05, 4.69) is 11.6 Å². The lowest BCUT2D eigenvalue weighted by Gasteiger charge is -2.17. The molecule has 1 aliphatic rings.